The highest BCUT2D eigenvalue weighted by Gasteiger charge is 2.36. The first-order valence-electron chi connectivity index (χ1n) is 20.1. The molecule has 0 unspecified atom stereocenters. The van der Waals surface area contributed by atoms with Crippen molar-refractivity contribution in [1.29, 1.82) is 0 Å². The van der Waals surface area contributed by atoms with E-state index in [0.717, 1.165) is 33.9 Å². The van der Waals surface area contributed by atoms with E-state index in [1.54, 1.807) is 12.2 Å². The molecule has 0 heterocycles. The summed E-state index contributed by atoms with van der Waals surface area (Å²) >= 11 is 0. The second-order valence-electron chi connectivity index (χ2n) is 15.5. The summed E-state index contributed by atoms with van der Waals surface area (Å²) in [7, 11) is 0. The van der Waals surface area contributed by atoms with E-state index >= 15 is 0 Å². The van der Waals surface area contributed by atoms with Crippen molar-refractivity contribution >= 4 is 17.1 Å². The summed E-state index contributed by atoms with van der Waals surface area (Å²) in [4.78, 5) is 2.39. The number of hydrogen-bond donors (Lipinski definition) is 0. The molecule has 0 bridgehead atoms. The molecule has 284 valence electrons. The van der Waals surface area contributed by atoms with Gasteiger partial charge in [0.25, 0.3) is 0 Å². The van der Waals surface area contributed by atoms with Gasteiger partial charge in [-0.05, 0) is 128 Å². The molecule has 8 aromatic rings. The molecule has 0 fully saturated rings. The number of ether oxygens (including phenoxy) is 1. The van der Waals surface area contributed by atoms with Gasteiger partial charge in [0.1, 0.15) is 11.5 Å². The maximum atomic E-state index is 6.31. The fraction of sp³-hybridized carbons (Fsp3) is 0.0526. The van der Waals surface area contributed by atoms with Gasteiger partial charge in [-0.15, -0.1) is 0 Å². The third-order valence-electron chi connectivity index (χ3n) is 11.5. The number of allylic oxidation sites excluding steroid dienone is 3. The molecule has 0 saturated carbocycles. The number of benzene rings is 8. The first-order valence-corrected chi connectivity index (χ1v) is 20.1. The van der Waals surface area contributed by atoms with Gasteiger partial charge in [-0.2, -0.15) is 0 Å². The molecule has 2 nitrogen and oxygen atoms in total. The van der Waals surface area contributed by atoms with E-state index in [9.17, 15) is 0 Å². The highest BCUT2D eigenvalue weighted by Crippen LogP contribution is 2.52. The molecule has 1 aliphatic carbocycles. The van der Waals surface area contributed by atoms with Crippen LogP contribution in [0.3, 0.4) is 0 Å². The third kappa shape index (κ3) is 7.22. The zero-order chi connectivity index (χ0) is 40.3. The van der Waals surface area contributed by atoms with Crippen LogP contribution in [-0.4, -0.2) is 0 Å². The van der Waals surface area contributed by atoms with Crippen molar-refractivity contribution in [3.8, 4) is 61.4 Å². The predicted octanol–water partition coefficient (Wildman–Crippen LogP) is 15.8. The molecule has 0 aromatic heterocycles. The number of para-hydroxylation sites is 1. The number of hydrogen-bond acceptors (Lipinski definition) is 2. The van der Waals surface area contributed by atoms with Crippen LogP contribution in [0.5, 0.6) is 5.75 Å². The Labute approximate surface area is 348 Å². The van der Waals surface area contributed by atoms with E-state index in [1.165, 1.54) is 55.6 Å². The largest absolute Gasteiger partial charge is 0.457 e. The van der Waals surface area contributed by atoms with Crippen LogP contribution in [0.25, 0.3) is 55.6 Å². The Morgan fingerprint density at radius 3 is 1.61 bits per heavy atom. The van der Waals surface area contributed by atoms with Crippen molar-refractivity contribution in [1.82, 2.24) is 0 Å². The lowest BCUT2D eigenvalue weighted by atomic mass is 9.81. The van der Waals surface area contributed by atoms with E-state index in [1.807, 2.05) is 18.2 Å². The molecule has 0 amide bonds. The fourth-order valence-corrected chi connectivity index (χ4v) is 8.43. The third-order valence-corrected chi connectivity index (χ3v) is 11.5. The average molecular weight is 760 g/mol. The van der Waals surface area contributed by atoms with Gasteiger partial charge in [0, 0.05) is 28.0 Å². The molecule has 2 heteroatoms. The molecular formula is C57H45NO. The minimum atomic E-state index is -0.257. The van der Waals surface area contributed by atoms with Gasteiger partial charge in [-0.25, -0.2) is 0 Å². The lowest BCUT2D eigenvalue weighted by Gasteiger charge is -2.28. The zero-order valence-electron chi connectivity index (χ0n) is 33.5. The Kier molecular flexibility index (Phi) is 9.98. The van der Waals surface area contributed by atoms with E-state index in [0.29, 0.717) is 5.76 Å². The fourth-order valence-electron chi connectivity index (χ4n) is 8.43. The lowest BCUT2D eigenvalue weighted by Crippen LogP contribution is -2.16. The molecular weight excluding hydrogens is 715 g/mol. The minimum Gasteiger partial charge on any atom is -0.457 e. The first kappa shape index (κ1) is 37.2. The summed E-state index contributed by atoms with van der Waals surface area (Å²) in [5.41, 5.74) is 17.4. The number of fused-ring (bicyclic) bond motifs is 3. The van der Waals surface area contributed by atoms with Crippen molar-refractivity contribution < 1.29 is 4.74 Å². The molecule has 0 aliphatic heterocycles. The summed E-state index contributed by atoms with van der Waals surface area (Å²) in [5.74, 6) is 1.43. The van der Waals surface area contributed by atoms with Gasteiger partial charge in [0.15, 0.2) is 0 Å². The van der Waals surface area contributed by atoms with Crippen LogP contribution in [0, 0.1) is 0 Å². The smallest absolute Gasteiger partial charge is 0.135 e. The maximum absolute atomic E-state index is 6.31. The Bertz CT molecular complexity index is 2850. The van der Waals surface area contributed by atoms with Gasteiger partial charge >= 0.3 is 0 Å². The van der Waals surface area contributed by atoms with Gasteiger partial charge in [0.05, 0.1) is 0 Å². The summed E-state index contributed by atoms with van der Waals surface area (Å²) < 4.78 is 6.31. The Balaban J connectivity index is 1.11. The van der Waals surface area contributed by atoms with Gasteiger partial charge < -0.3 is 9.64 Å². The molecule has 0 atom stereocenters. The molecule has 1 aliphatic rings. The van der Waals surface area contributed by atoms with Crippen molar-refractivity contribution in [2.75, 3.05) is 4.90 Å². The van der Waals surface area contributed by atoms with E-state index < -0.39 is 0 Å². The predicted molar refractivity (Wildman–Crippen MR) is 250 cm³/mol. The van der Waals surface area contributed by atoms with Crippen molar-refractivity contribution in [2.45, 2.75) is 19.3 Å². The summed E-state index contributed by atoms with van der Waals surface area (Å²) in [6, 6.07) is 69.8. The molecule has 9 rings (SSSR count). The normalized spacial score (nSPS) is 12.6. The Hall–Kier alpha value is -7.42. The van der Waals surface area contributed by atoms with E-state index in [2.05, 4.69) is 214 Å². The van der Waals surface area contributed by atoms with Crippen LogP contribution >= 0.6 is 0 Å². The van der Waals surface area contributed by atoms with E-state index in [-0.39, 0.29) is 5.41 Å². The van der Waals surface area contributed by atoms with Gasteiger partial charge in [-0.3, -0.25) is 0 Å². The van der Waals surface area contributed by atoms with Crippen LogP contribution in [0.4, 0.5) is 17.1 Å². The van der Waals surface area contributed by atoms with Crippen molar-refractivity contribution in [3.05, 3.63) is 242 Å². The molecule has 0 radical (unpaired) electrons. The van der Waals surface area contributed by atoms with Crippen LogP contribution in [0.1, 0.15) is 25.0 Å². The second-order valence-corrected chi connectivity index (χ2v) is 15.5. The van der Waals surface area contributed by atoms with Crippen LogP contribution in [0.15, 0.2) is 231 Å². The standard InChI is InChI=1S/C57H45NO/c1-5-17-50(6-2)59-56-27-14-13-26-51(56)46-30-34-52-53-35-33-49(39-55(53)57(3,4)54(52)38-46)58(48-25-16-24-45(37-48)41-20-11-8-12-21-41)47-31-28-42(29-32-47)44-23-15-22-43(36-44)40-18-9-7-10-19-40/h5-39H,1-2H2,3-4H3/b50-17+. The zero-order valence-corrected chi connectivity index (χ0v) is 33.5. The Morgan fingerprint density at radius 2 is 0.949 bits per heavy atom. The van der Waals surface area contributed by atoms with Gasteiger partial charge in [0.2, 0.25) is 0 Å². The maximum Gasteiger partial charge on any atom is 0.135 e. The first-order chi connectivity index (χ1) is 28.9. The van der Waals surface area contributed by atoms with Crippen molar-refractivity contribution in [2.24, 2.45) is 0 Å². The molecule has 0 N–H and O–H groups in total. The number of nitrogens with zero attached hydrogens (tertiary/aromatic N) is 1. The van der Waals surface area contributed by atoms with Crippen LogP contribution in [-0.2, 0) is 5.41 Å². The quantitative estimate of drug-likeness (QED) is 0.0962. The van der Waals surface area contributed by atoms with Crippen LogP contribution in [0.2, 0.25) is 0 Å². The van der Waals surface area contributed by atoms with E-state index in [4.69, 9.17) is 4.74 Å². The highest BCUT2D eigenvalue weighted by atomic mass is 16.5. The molecule has 0 saturated heterocycles. The Morgan fingerprint density at radius 1 is 0.441 bits per heavy atom. The summed E-state index contributed by atoms with van der Waals surface area (Å²) in [6.07, 6.45) is 5.24. The van der Waals surface area contributed by atoms with Crippen molar-refractivity contribution in [3.63, 3.8) is 0 Å². The molecule has 59 heavy (non-hydrogen) atoms. The van der Waals surface area contributed by atoms with Gasteiger partial charge in [-0.1, -0.05) is 173 Å². The summed E-state index contributed by atoms with van der Waals surface area (Å²) in [5, 5.41) is 0. The monoisotopic (exact) mass is 759 g/mol. The molecule has 0 spiro atoms. The highest BCUT2D eigenvalue weighted by molar-refractivity contribution is 5.89. The van der Waals surface area contributed by atoms with Crippen LogP contribution < -0.4 is 9.64 Å². The topological polar surface area (TPSA) is 12.5 Å². The average Bonchev–Trinajstić information content (AvgIpc) is 3.52. The minimum absolute atomic E-state index is 0.257. The molecule has 8 aromatic carbocycles. The SMILES string of the molecule is C=C/C=C(\C=C)Oc1ccccc1-c1ccc2c(c1)C(C)(C)c1cc(N(c3ccc(-c4cccc(-c5ccccc5)c4)cc3)c3cccc(-c4ccccc4)c3)ccc1-2. The number of rotatable bonds is 11. The number of anilines is 3. The lowest BCUT2D eigenvalue weighted by molar-refractivity contribution is 0.446. The second kappa shape index (κ2) is 15.8. The summed E-state index contributed by atoms with van der Waals surface area (Å²) in [6.45, 7) is 12.4.